The van der Waals surface area contributed by atoms with E-state index in [9.17, 15) is 0 Å². The summed E-state index contributed by atoms with van der Waals surface area (Å²) in [7, 11) is 1.84. The van der Waals surface area contributed by atoms with E-state index < -0.39 is 0 Å². The lowest BCUT2D eigenvalue weighted by Crippen LogP contribution is -2.41. The van der Waals surface area contributed by atoms with Gasteiger partial charge in [0.2, 0.25) is 0 Å². The third kappa shape index (κ3) is 2.95. The van der Waals surface area contributed by atoms with Crippen LogP contribution in [-0.4, -0.2) is 59.9 Å². The number of hydrogen-bond donors (Lipinski definition) is 2. The lowest BCUT2D eigenvalue weighted by atomic mass is 10.2. The minimum Gasteiger partial charge on any atom is -0.395 e. The summed E-state index contributed by atoms with van der Waals surface area (Å²) < 4.78 is 5.50. The predicted octanol–water partition coefficient (Wildman–Crippen LogP) is 0.192. The van der Waals surface area contributed by atoms with Crippen LogP contribution in [-0.2, 0) is 4.74 Å². The van der Waals surface area contributed by atoms with Crippen LogP contribution in [0.3, 0.4) is 0 Å². The molecule has 6 heteroatoms. The zero-order chi connectivity index (χ0) is 13.0. The van der Waals surface area contributed by atoms with Crippen molar-refractivity contribution in [3.8, 4) is 0 Å². The molecule has 0 saturated carbocycles. The zero-order valence-corrected chi connectivity index (χ0v) is 10.9. The third-order valence-corrected chi connectivity index (χ3v) is 3.05. The first-order valence-corrected chi connectivity index (χ1v) is 6.20. The average Bonchev–Trinajstić information content (AvgIpc) is 2.39. The molecule has 0 unspecified atom stereocenters. The molecule has 6 nitrogen and oxygen atoms in total. The monoisotopic (exact) mass is 252 g/mol. The molecule has 2 heterocycles. The largest absolute Gasteiger partial charge is 0.395 e. The van der Waals surface area contributed by atoms with Gasteiger partial charge in [-0.1, -0.05) is 0 Å². The molecule has 1 aromatic heterocycles. The van der Waals surface area contributed by atoms with Gasteiger partial charge in [0.15, 0.2) is 0 Å². The van der Waals surface area contributed by atoms with Crippen LogP contribution in [0.2, 0.25) is 0 Å². The number of anilines is 1. The number of nitrogens with one attached hydrogen (secondary N) is 1. The van der Waals surface area contributed by atoms with Crippen molar-refractivity contribution in [2.75, 3.05) is 45.3 Å². The normalized spacial score (nSPS) is 20.9. The predicted molar refractivity (Wildman–Crippen MR) is 68.5 cm³/mol. The SMILES string of the molecule is CNc1cc(C)nc([C@@H]2COCCN2CCO)n1. The average molecular weight is 252 g/mol. The van der Waals surface area contributed by atoms with Crippen LogP contribution in [0.5, 0.6) is 0 Å². The summed E-state index contributed by atoms with van der Waals surface area (Å²) in [5, 5.41) is 12.1. The molecule has 1 fully saturated rings. The number of nitrogens with zero attached hydrogens (tertiary/aromatic N) is 3. The van der Waals surface area contributed by atoms with Gasteiger partial charge in [-0.25, -0.2) is 9.97 Å². The van der Waals surface area contributed by atoms with Crippen molar-refractivity contribution in [2.24, 2.45) is 0 Å². The first-order chi connectivity index (χ1) is 8.74. The molecule has 2 N–H and O–H groups in total. The van der Waals surface area contributed by atoms with Crippen molar-refractivity contribution in [2.45, 2.75) is 13.0 Å². The van der Waals surface area contributed by atoms with Crippen LogP contribution in [0.15, 0.2) is 6.07 Å². The first kappa shape index (κ1) is 13.2. The highest BCUT2D eigenvalue weighted by Gasteiger charge is 2.26. The van der Waals surface area contributed by atoms with Gasteiger partial charge in [0, 0.05) is 31.9 Å². The molecular formula is C12H20N4O2. The summed E-state index contributed by atoms with van der Waals surface area (Å²) >= 11 is 0. The molecule has 0 radical (unpaired) electrons. The Morgan fingerprint density at radius 3 is 3.11 bits per heavy atom. The van der Waals surface area contributed by atoms with Crippen LogP contribution in [0.4, 0.5) is 5.82 Å². The van der Waals surface area contributed by atoms with Crippen molar-refractivity contribution in [3.05, 3.63) is 17.6 Å². The summed E-state index contributed by atoms with van der Waals surface area (Å²) in [4.78, 5) is 11.1. The number of aliphatic hydroxyl groups is 1. The maximum atomic E-state index is 9.10. The summed E-state index contributed by atoms with van der Waals surface area (Å²) in [5.41, 5.74) is 0.930. The van der Waals surface area contributed by atoms with Gasteiger partial charge in [0.05, 0.1) is 25.9 Å². The maximum absolute atomic E-state index is 9.10. The fourth-order valence-corrected chi connectivity index (χ4v) is 2.14. The molecule has 0 spiro atoms. The van der Waals surface area contributed by atoms with Crippen LogP contribution in [0.1, 0.15) is 17.6 Å². The van der Waals surface area contributed by atoms with Gasteiger partial charge in [-0.05, 0) is 6.92 Å². The second-order valence-corrected chi connectivity index (χ2v) is 4.35. The number of ether oxygens (including phenoxy) is 1. The lowest BCUT2D eigenvalue weighted by molar-refractivity contribution is -0.0177. The van der Waals surface area contributed by atoms with Crippen LogP contribution in [0, 0.1) is 6.92 Å². The Morgan fingerprint density at radius 2 is 2.39 bits per heavy atom. The minimum atomic E-state index is 0.0258. The molecule has 18 heavy (non-hydrogen) atoms. The molecular weight excluding hydrogens is 232 g/mol. The Labute approximate surface area is 107 Å². The van der Waals surface area contributed by atoms with Gasteiger partial charge in [-0.15, -0.1) is 0 Å². The first-order valence-electron chi connectivity index (χ1n) is 6.20. The van der Waals surface area contributed by atoms with Crippen LogP contribution >= 0.6 is 0 Å². The Morgan fingerprint density at radius 1 is 1.56 bits per heavy atom. The minimum absolute atomic E-state index is 0.0258. The number of rotatable bonds is 4. The second-order valence-electron chi connectivity index (χ2n) is 4.35. The van der Waals surface area contributed by atoms with Crippen molar-refractivity contribution in [3.63, 3.8) is 0 Å². The fourth-order valence-electron chi connectivity index (χ4n) is 2.14. The highest BCUT2D eigenvalue weighted by atomic mass is 16.5. The smallest absolute Gasteiger partial charge is 0.150 e. The van der Waals surface area contributed by atoms with Gasteiger partial charge in [0.25, 0.3) is 0 Å². The summed E-state index contributed by atoms with van der Waals surface area (Å²) in [6, 6.07) is 1.93. The summed E-state index contributed by atoms with van der Waals surface area (Å²) in [6.07, 6.45) is 0. The van der Waals surface area contributed by atoms with E-state index in [0.29, 0.717) is 19.8 Å². The number of hydrogen-bond acceptors (Lipinski definition) is 6. The zero-order valence-electron chi connectivity index (χ0n) is 10.9. The van der Waals surface area contributed by atoms with Gasteiger partial charge in [-0.2, -0.15) is 0 Å². The van der Waals surface area contributed by atoms with E-state index in [4.69, 9.17) is 9.84 Å². The van der Waals surface area contributed by atoms with E-state index in [0.717, 1.165) is 23.9 Å². The number of aliphatic hydroxyl groups excluding tert-OH is 1. The molecule has 100 valence electrons. The highest BCUT2D eigenvalue weighted by Crippen LogP contribution is 2.22. The molecule has 1 aromatic rings. The molecule has 0 aromatic carbocycles. The number of aromatic nitrogens is 2. The van der Waals surface area contributed by atoms with Crippen molar-refractivity contribution < 1.29 is 9.84 Å². The molecule has 2 rings (SSSR count). The number of aryl methyl sites for hydroxylation is 1. The molecule has 0 amide bonds. The van der Waals surface area contributed by atoms with Gasteiger partial charge < -0.3 is 15.2 Å². The van der Waals surface area contributed by atoms with Crippen LogP contribution in [0.25, 0.3) is 0 Å². The van der Waals surface area contributed by atoms with Crippen LogP contribution < -0.4 is 5.32 Å². The maximum Gasteiger partial charge on any atom is 0.150 e. The number of morpholine rings is 1. The van der Waals surface area contributed by atoms with Crippen molar-refractivity contribution >= 4 is 5.82 Å². The Kier molecular flexibility index (Phi) is 4.46. The van der Waals surface area contributed by atoms with E-state index in [1.807, 2.05) is 20.0 Å². The van der Waals surface area contributed by atoms with E-state index in [1.165, 1.54) is 0 Å². The number of β-amino-alcohol motifs (C(OH)–C–C–N with tert-alkyl or cyclic N) is 1. The molecule has 1 atom stereocenters. The van der Waals surface area contributed by atoms with E-state index in [-0.39, 0.29) is 12.6 Å². The Balaban J connectivity index is 2.24. The second kappa shape index (κ2) is 6.08. The van der Waals surface area contributed by atoms with Crippen molar-refractivity contribution in [1.82, 2.24) is 14.9 Å². The fraction of sp³-hybridized carbons (Fsp3) is 0.667. The highest BCUT2D eigenvalue weighted by molar-refractivity contribution is 5.35. The van der Waals surface area contributed by atoms with Gasteiger partial charge in [0.1, 0.15) is 11.6 Å². The lowest BCUT2D eigenvalue weighted by Gasteiger charge is -2.34. The molecule has 1 saturated heterocycles. The topological polar surface area (TPSA) is 70.5 Å². The van der Waals surface area contributed by atoms with E-state index >= 15 is 0 Å². The van der Waals surface area contributed by atoms with E-state index in [2.05, 4.69) is 20.2 Å². The molecule has 1 aliphatic rings. The Bertz CT molecular complexity index is 398. The van der Waals surface area contributed by atoms with Gasteiger partial charge >= 0.3 is 0 Å². The summed E-state index contributed by atoms with van der Waals surface area (Å²) in [5.74, 6) is 1.57. The van der Waals surface area contributed by atoms with Gasteiger partial charge in [-0.3, -0.25) is 4.90 Å². The third-order valence-electron chi connectivity index (χ3n) is 3.05. The van der Waals surface area contributed by atoms with Crippen molar-refractivity contribution in [1.29, 1.82) is 0 Å². The molecule has 1 aliphatic heterocycles. The quantitative estimate of drug-likeness (QED) is 0.797. The van der Waals surface area contributed by atoms with E-state index in [1.54, 1.807) is 0 Å². The standard InChI is InChI=1S/C12H20N4O2/c1-9-7-11(13-2)15-12(14-9)10-8-18-6-4-16(10)3-5-17/h7,10,17H,3-6,8H2,1-2H3,(H,13,14,15)/t10-/m0/s1. The Hall–Kier alpha value is -1.24. The molecule has 0 bridgehead atoms. The molecule has 0 aliphatic carbocycles. The summed E-state index contributed by atoms with van der Waals surface area (Å²) in [6.45, 7) is 4.79.